The molecule has 1 aliphatic heterocycles. The van der Waals surface area contributed by atoms with Gasteiger partial charge in [-0.1, -0.05) is 6.07 Å². The first-order valence-electron chi connectivity index (χ1n) is 6.58. The molecule has 0 aliphatic carbocycles. The van der Waals surface area contributed by atoms with E-state index in [1.807, 2.05) is 19.1 Å². The first-order chi connectivity index (χ1) is 10.1. The monoisotopic (exact) mass is 282 g/mol. The van der Waals surface area contributed by atoms with Crippen molar-refractivity contribution in [1.29, 1.82) is 0 Å². The zero-order valence-corrected chi connectivity index (χ0v) is 11.7. The average molecular weight is 282 g/mol. The Morgan fingerprint density at radius 2 is 2.14 bits per heavy atom. The summed E-state index contributed by atoms with van der Waals surface area (Å²) in [5.74, 6) is 0.286. The van der Waals surface area contributed by atoms with E-state index in [9.17, 15) is 9.59 Å². The Morgan fingerprint density at radius 1 is 1.33 bits per heavy atom. The summed E-state index contributed by atoms with van der Waals surface area (Å²) >= 11 is 0. The highest BCUT2D eigenvalue weighted by Crippen LogP contribution is 2.33. The number of hydrogen-bond donors (Lipinski definition) is 2. The van der Waals surface area contributed by atoms with Crippen molar-refractivity contribution < 1.29 is 9.59 Å². The molecule has 2 N–H and O–H groups in total. The highest BCUT2D eigenvalue weighted by atomic mass is 16.2. The predicted molar refractivity (Wildman–Crippen MR) is 77.7 cm³/mol. The minimum Gasteiger partial charge on any atom is -0.348 e. The topological polar surface area (TPSA) is 84.0 Å². The van der Waals surface area contributed by atoms with Crippen molar-refractivity contribution in [2.45, 2.75) is 20.4 Å². The van der Waals surface area contributed by atoms with Crippen LogP contribution in [-0.4, -0.2) is 21.8 Å². The van der Waals surface area contributed by atoms with Gasteiger partial charge in [0.15, 0.2) is 0 Å². The maximum absolute atomic E-state index is 12.0. The molecule has 3 rings (SSSR count). The summed E-state index contributed by atoms with van der Waals surface area (Å²) in [5, 5.41) is 5.48. The van der Waals surface area contributed by atoms with Gasteiger partial charge in [0.2, 0.25) is 5.91 Å². The average Bonchev–Trinajstić information content (AvgIpc) is 2.81. The smallest absolute Gasteiger partial charge is 0.254 e. The Balaban J connectivity index is 2.17. The molecule has 1 aliphatic rings. The van der Waals surface area contributed by atoms with Crippen molar-refractivity contribution in [3.05, 3.63) is 41.3 Å². The molecule has 0 fully saturated rings. The van der Waals surface area contributed by atoms with Gasteiger partial charge in [0.25, 0.3) is 5.91 Å². The molecule has 1 aromatic carbocycles. The van der Waals surface area contributed by atoms with Crippen molar-refractivity contribution in [3.8, 4) is 11.3 Å². The molecule has 2 heterocycles. The third-order valence-electron chi connectivity index (χ3n) is 3.33. The Labute approximate surface area is 121 Å². The molecule has 1 aromatic heterocycles. The largest absolute Gasteiger partial charge is 0.348 e. The van der Waals surface area contributed by atoms with Crippen LogP contribution >= 0.6 is 0 Å². The Bertz CT molecular complexity index is 755. The SMILES string of the molecule is CC(=O)Nc1ccc(-c2ccnc(C)n2)c2c1C(=O)NC2. The number of anilines is 1. The second kappa shape index (κ2) is 4.97. The number of carbonyl (C=O) groups is 2. The molecule has 6 heteroatoms. The van der Waals surface area contributed by atoms with Crippen LogP contribution in [0.4, 0.5) is 5.69 Å². The second-order valence-corrected chi connectivity index (χ2v) is 4.87. The summed E-state index contributed by atoms with van der Waals surface area (Å²) in [5.41, 5.74) is 3.54. The number of fused-ring (bicyclic) bond motifs is 1. The van der Waals surface area contributed by atoms with Gasteiger partial charge in [-0.3, -0.25) is 9.59 Å². The Kier molecular flexibility index (Phi) is 3.13. The van der Waals surface area contributed by atoms with Gasteiger partial charge in [-0.05, 0) is 24.6 Å². The Hall–Kier alpha value is -2.76. The van der Waals surface area contributed by atoms with E-state index >= 15 is 0 Å². The van der Waals surface area contributed by atoms with Gasteiger partial charge in [0.1, 0.15) is 5.82 Å². The van der Waals surface area contributed by atoms with E-state index in [1.54, 1.807) is 12.3 Å². The molecule has 6 nitrogen and oxygen atoms in total. The van der Waals surface area contributed by atoms with E-state index in [1.165, 1.54) is 6.92 Å². The predicted octanol–water partition coefficient (Wildman–Crippen LogP) is 1.65. The molecule has 0 atom stereocenters. The fourth-order valence-electron chi connectivity index (χ4n) is 2.49. The van der Waals surface area contributed by atoms with Crippen LogP contribution < -0.4 is 10.6 Å². The van der Waals surface area contributed by atoms with Gasteiger partial charge in [-0.15, -0.1) is 0 Å². The summed E-state index contributed by atoms with van der Waals surface area (Å²) in [4.78, 5) is 31.8. The fraction of sp³-hybridized carbons (Fsp3) is 0.200. The highest BCUT2D eigenvalue weighted by Gasteiger charge is 2.26. The lowest BCUT2D eigenvalue weighted by molar-refractivity contribution is -0.114. The van der Waals surface area contributed by atoms with Crippen molar-refractivity contribution in [2.24, 2.45) is 0 Å². The fourth-order valence-corrected chi connectivity index (χ4v) is 2.49. The van der Waals surface area contributed by atoms with Crippen molar-refractivity contribution >= 4 is 17.5 Å². The zero-order chi connectivity index (χ0) is 15.0. The maximum atomic E-state index is 12.0. The van der Waals surface area contributed by atoms with Gasteiger partial charge in [0.05, 0.1) is 16.9 Å². The number of rotatable bonds is 2. The molecule has 0 spiro atoms. The molecule has 0 saturated carbocycles. The molecular weight excluding hydrogens is 268 g/mol. The quantitative estimate of drug-likeness (QED) is 0.877. The number of aromatic nitrogens is 2. The van der Waals surface area contributed by atoms with Gasteiger partial charge in [-0.2, -0.15) is 0 Å². The van der Waals surface area contributed by atoms with Crippen LogP contribution in [0.25, 0.3) is 11.3 Å². The number of carbonyl (C=O) groups excluding carboxylic acids is 2. The summed E-state index contributed by atoms with van der Waals surface area (Å²) in [6.45, 7) is 3.67. The highest BCUT2D eigenvalue weighted by molar-refractivity contribution is 6.08. The van der Waals surface area contributed by atoms with Gasteiger partial charge in [-0.25, -0.2) is 9.97 Å². The normalized spacial score (nSPS) is 12.8. The number of benzene rings is 1. The molecule has 0 radical (unpaired) electrons. The number of amides is 2. The van der Waals surface area contributed by atoms with E-state index < -0.39 is 0 Å². The van der Waals surface area contributed by atoms with E-state index in [0.717, 1.165) is 16.8 Å². The summed E-state index contributed by atoms with van der Waals surface area (Å²) < 4.78 is 0. The molecule has 0 saturated heterocycles. The van der Waals surface area contributed by atoms with Crippen LogP contribution in [0.15, 0.2) is 24.4 Å². The first-order valence-corrected chi connectivity index (χ1v) is 6.58. The molecule has 2 aromatic rings. The Morgan fingerprint density at radius 3 is 2.86 bits per heavy atom. The number of nitrogens with one attached hydrogen (secondary N) is 2. The molecular formula is C15H14N4O2. The van der Waals surface area contributed by atoms with Gasteiger partial charge >= 0.3 is 0 Å². The summed E-state index contributed by atoms with van der Waals surface area (Å²) in [6, 6.07) is 5.41. The van der Waals surface area contributed by atoms with Crippen molar-refractivity contribution in [3.63, 3.8) is 0 Å². The summed E-state index contributed by atoms with van der Waals surface area (Å²) in [7, 11) is 0. The molecule has 2 amide bonds. The van der Waals surface area contributed by atoms with Gasteiger partial charge < -0.3 is 10.6 Å². The van der Waals surface area contributed by atoms with Gasteiger partial charge in [0, 0.05) is 25.2 Å². The number of hydrogen-bond acceptors (Lipinski definition) is 4. The first kappa shape index (κ1) is 13.2. The van der Waals surface area contributed by atoms with Crippen molar-refractivity contribution in [2.75, 3.05) is 5.32 Å². The molecule has 0 unspecified atom stereocenters. The van der Waals surface area contributed by atoms with E-state index in [4.69, 9.17) is 0 Å². The number of aryl methyl sites for hydroxylation is 1. The second-order valence-electron chi connectivity index (χ2n) is 4.87. The van der Waals surface area contributed by atoms with Crippen LogP contribution in [0, 0.1) is 6.92 Å². The third kappa shape index (κ3) is 2.35. The van der Waals surface area contributed by atoms with E-state index in [2.05, 4.69) is 20.6 Å². The van der Waals surface area contributed by atoms with Crippen LogP contribution in [-0.2, 0) is 11.3 Å². The molecule has 0 bridgehead atoms. The van der Waals surface area contributed by atoms with Crippen LogP contribution in [0.1, 0.15) is 28.7 Å². The van der Waals surface area contributed by atoms with Crippen LogP contribution in [0.2, 0.25) is 0 Å². The third-order valence-corrected chi connectivity index (χ3v) is 3.33. The lowest BCUT2D eigenvalue weighted by Gasteiger charge is -2.11. The van der Waals surface area contributed by atoms with E-state index in [0.29, 0.717) is 23.6 Å². The lowest BCUT2D eigenvalue weighted by Crippen LogP contribution is -2.15. The summed E-state index contributed by atoms with van der Waals surface area (Å²) in [6.07, 6.45) is 1.69. The maximum Gasteiger partial charge on any atom is 0.254 e. The minimum absolute atomic E-state index is 0.179. The minimum atomic E-state index is -0.206. The lowest BCUT2D eigenvalue weighted by atomic mass is 9.98. The molecule has 106 valence electrons. The number of nitrogens with zero attached hydrogens (tertiary/aromatic N) is 2. The van der Waals surface area contributed by atoms with E-state index in [-0.39, 0.29) is 11.8 Å². The van der Waals surface area contributed by atoms with Crippen molar-refractivity contribution in [1.82, 2.24) is 15.3 Å². The van der Waals surface area contributed by atoms with Crippen LogP contribution in [0.3, 0.4) is 0 Å². The standard InChI is InChI=1S/C15H14N4O2/c1-8-16-6-5-12(18-8)10-3-4-13(19-9(2)20)14-11(10)7-17-15(14)21/h3-6H,7H2,1-2H3,(H,17,21)(H,19,20). The zero-order valence-electron chi connectivity index (χ0n) is 11.7. The van der Waals surface area contributed by atoms with Crippen LogP contribution in [0.5, 0.6) is 0 Å². The molecule has 21 heavy (non-hydrogen) atoms.